The topological polar surface area (TPSA) is 26.0 Å². The average Bonchev–Trinajstić information content (AvgIpc) is 2.08. The van der Waals surface area contributed by atoms with Crippen LogP contribution in [-0.4, -0.2) is 4.99 Å². The largest absolute Gasteiger partial charge is 0.393 e. The van der Waals surface area contributed by atoms with E-state index < -0.39 is 0 Å². The third-order valence-corrected chi connectivity index (χ3v) is 2.60. The van der Waals surface area contributed by atoms with E-state index in [9.17, 15) is 0 Å². The minimum atomic E-state index is 0.246. The van der Waals surface area contributed by atoms with Gasteiger partial charge in [0, 0.05) is 10.9 Å². The van der Waals surface area contributed by atoms with Crippen LogP contribution in [0.2, 0.25) is 5.02 Å². The predicted molar refractivity (Wildman–Crippen MR) is 61.1 cm³/mol. The van der Waals surface area contributed by atoms with Crippen LogP contribution in [0.25, 0.3) is 0 Å². The molecule has 0 amide bonds. The molecule has 0 saturated carbocycles. The number of halogens is 1. The van der Waals surface area contributed by atoms with Gasteiger partial charge in [0.2, 0.25) is 0 Å². The fourth-order valence-corrected chi connectivity index (χ4v) is 1.28. The Morgan fingerprint density at radius 3 is 2.46 bits per heavy atom. The lowest BCUT2D eigenvalue weighted by molar-refractivity contribution is 0.771. The molecule has 0 spiro atoms. The van der Waals surface area contributed by atoms with Crippen molar-refractivity contribution in [2.24, 2.45) is 11.7 Å². The van der Waals surface area contributed by atoms with Crippen molar-refractivity contribution in [1.29, 1.82) is 0 Å². The van der Waals surface area contributed by atoms with E-state index in [0.29, 0.717) is 4.99 Å². The molecule has 0 radical (unpaired) electrons. The van der Waals surface area contributed by atoms with Gasteiger partial charge in [0.15, 0.2) is 0 Å². The number of benzene rings is 1. The number of thiocarbonyl (C=S) groups is 1. The van der Waals surface area contributed by atoms with Crippen molar-refractivity contribution >= 4 is 28.8 Å². The highest BCUT2D eigenvalue weighted by Gasteiger charge is 2.05. The van der Waals surface area contributed by atoms with Crippen LogP contribution in [0.15, 0.2) is 24.3 Å². The third-order valence-electron chi connectivity index (χ3n) is 1.94. The molecular weight excluding hydrogens is 202 g/mol. The summed E-state index contributed by atoms with van der Waals surface area (Å²) < 4.78 is 0. The van der Waals surface area contributed by atoms with Gasteiger partial charge in [-0.05, 0) is 24.1 Å². The molecule has 0 saturated heterocycles. The highest BCUT2D eigenvalue weighted by atomic mass is 35.5. The average molecular weight is 214 g/mol. The first-order valence-corrected chi connectivity index (χ1v) is 4.92. The van der Waals surface area contributed by atoms with Crippen molar-refractivity contribution in [1.82, 2.24) is 0 Å². The smallest absolute Gasteiger partial charge is 0.0759 e. The Hall–Kier alpha value is -0.600. The van der Waals surface area contributed by atoms with Crippen molar-refractivity contribution in [2.75, 3.05) is 0 Å². The van der Waals surface area contributed by atoms with Gasteiger partial charge >= 0.3 is 0 Å². The molecule has 13 heavy (non-hydrogen) atoms. The van der Waals surface area contributed by atoms with Crippen LogP contribution in [0.4, 0.5) is 0 Å². The minimum Gasteiger partial charge on any atom is -0.393 e. The highest BCUT2D eigenvalue weighted by Crippen LogP contribution is 2.13. The lowest BCUT2D eigenvalue weighted by Gasteiger charge is -2.08. The van der Waals surface area contributed by atoms with Crippen LogP contribution in [0, 0.1) is 5.92 Å². The Labute approximate surface area is 88.9 Å². The van der Waals surface area contributed by atoms with E-state index in [0.717, 1.165) is 11.4 Å². The Morgan fingerprint density at radius 1 is 1.46 bits per heavy atom. The van der Waals surface area contributed by atoms with E-state index in [1.54, 1.807) is 0 Å². The summed E-state index contributed by atoms with van der Waals surface area (Å²) in [5.41, 5.74) is 6.73. The van der Waals surface area contributed by atoms with Gasteiger partial charge in [0.1, 0.15) is 0 Å². The maximum Gasteiger partial charge on any atom is 0.0759 e. The summed E-state index contributed by atoms with van der Waals surface area (Å²) >= 11 is 10.7. The SMILES string of the molecule is CC(Cc1ccc(Cl)cc1)C(N)=S. The minimum absolute atomic E-state index is 0.246. The maximum atomic E-state index is 5.76. The molecule has 0 bridgehead atoms. The third kappa shape index (κ3) is 3.33. The first-order valence-electron chi connectivity index (χ1n) is 4.13. The zero-order valence-corrected chi connectivity index (χ0v) is 9.03. The summed E-state index contributed by atoms with van der Waals surface area (Å²) in [5.74, 6) is 0.246. The summed E-state index contributed by atoms with van der Waals surface area (Å²) in [6.07, 6.45) is 0.881. The second-order valence-electron chi connectivity index (χ2n) is 3.13. The van der Waals surface area contributed by atoms with Crippen molar-refractivity contribution in [2.45, 2.75) is 13.3 Å². The number of rotatable bonds is 3. The fourth-order valence-electron chi connectivity index (χ4n) is 1.07. The molecule has 0 aliphatic rings. The van der Waals surface area contributed by atoms with Crippen LogP contribution in [-0.2, 0) is 6.42 Å². The number of hydrogen-bond acceptors (Lipinski definition) is 1. The van der Waals surface area contributed by atoms with Crippen LogP contribution in [0.1, 0.15) is 12.5 Å². The van der Waals surface area contributed by atoms with Gasteiger partial charge in [-0.15, -0.1) is 0 Å². The van der Waals surface area contributed by atoms with Gasteiger partial charge in [-0.2, -0.15) is 0 Å². The van der Waals surface area contributed by atoms with Crippen LogP contribution in [0.5, 0.6) is 0 Å². The standard InChI is InChI=1S/C10H12ClNS/c1-7(10(12)13)6-8-2-4-9(11)5-3-8/h2-5,7H,6H2,1H3,(H2,12,13). The lowest BCUT2D eigenvalue weighted by atomic mass is 10.0. The molecular formula is C10H12ClNS. The monoisotopic (exact) mass is 213 g/mol. The molecule has 0 aliphatic heterocycles. The molecule has 1 rings (SSSR count). The molecule has 1 aromatic rings. The van der Waals surface area contributed by atoms with Crippen LogP contribution < -0.4 is 5.73 Å². The van der Waals surface area contributed by atoms with E-state index in [1.807, 2.05) is 31.2 Å². The van der Waals surface area contributed by atoms with Gasteiger partial charge in [-0.1, -0.05) is 42.9 Å². The Bertz CT molecular complexity index is 294. The summed E-state index contributed by atoms with van der Waals surface area (Å²) in [6, 6.07) is 7.75. The lowest BCUT2D eigenvalue weighted by Crippen LogP contribution is -2.20. The van der Waals surface area contributed by atoms with E-state index in [-0.39, 0.29) is 5.92 Å². The van der Waals surface area contributed by atoms with Gasteiger partial charge in [0.25, 0.3) is 0 Å². The van der Waals surface area contributed by atoms with Crippen molar-refractivity contribution < 1.29 is 0 Å². The summed E-state index contributed by atoms with van der Waals surface area (Å²) in [6.45, 7) is 2.02. The normalized spacial score (nSPS) is 12.5. The van der Waals surface area contributed by atoms with Gasteiger partial charge in [-0.3, -0.25) is 0 Å². The summed E-state index contributed by atoms with van der Waals surface area (Å²) in [4.78, 5) is 0.565. The van der Waals surface area contributed by atoms with E-state index in [1.165, 1.54) is 5.56 Å². The zero-order chi connectivity index (χ0) is 9.84. The molecule has 0 aliphatic carbocycles. The molecule has 1 unspecified atom stereocenters. The molecule has 1 atom stereocenters. The Morgan fingerprint density at radius 2 is 2.00 bits per heavy atom. The van der Waals surface area contributed by atoms with Gasteiger partial charge in [-0.25, -0.2) is 0 Å². The predicted octanol–water partition coefficient (Wildman–Crippen LogP) is 2.80. The molecule has 1 aromatic carbocycles. The Balaban J connectivity index is 2.64. The van der Waals surface area contributed by atoms with Crippen molar-refractivity contribution in [3.05, 3.63) is 34.9 Å². The van der Waals surface area contributed by atoms with Crippen molar-refractivity contribution in [3.63, 3.8) is 0 Å². The molecule has 1 nitrogen and oxygen atoms in total. The number of hydrogen-bond donors (Lipinski definition) is 1. The van der Waals surface area contributed by atoms with Gasteiger partial charge in [0.05, 0.1) is 4.99 Å². The highest BCUT2D eigenvalue weighted by molar-refractivity contribution is 7.80. The molecule has 0 aromatic heterocycles. The second kappa shape index (κ2) is 4.58. The van der Waals surface area contributed by atoms with Crippen LogP contribution >= 0.6 is 23.8 Å². The quantitative estimate of drug-likeness (QED) is 0.782. The number of nitrogens with two attached hydrogens (primary N) is 1. The first kappa shape index (κ1) is 10.5. The Kier molecular flexibility index (Phi) is 3.70. The molecule has 0 fully saturated rings. The van der Waals surface area contributed by atoms with E-state index >= 15 is 0 Å². The fraction of sp³-hybridized carbons (Fsp3) is 0.300. The van der Waals surface area contributed by atoms with Gasteiger partial charge < -0.3 is 5.73 Å². The molecule has 0 heterocycles. The molecule has 2 N–H and O–H groups in total. The molecule has 3 heteroatoms. The molecule has 70 valence electrons. The maximum absolute atomic E-state index is 5.76. The van der Waals surface area contributed by atoms with E-state index in [2.05, 4.69) is 0 Å². The first-order chi connectivity index (χ1) is 6.09. The van der Waals surface area contributed by atoms with Crippen LogP contribution in [0.3, 0.4) is 0 Å². The van der Waals surface area contributed by atoms with E-state index in [4.69, 9.17) is 29.6 Å². The summed E-state index contributed by atoms with van der Waals surface area (Å²) in [5, 5.41) is 0.756. The van der Waals surface area contributed by atoms with Crippen molar-refractivity contribution in [3.8, 4) is 0 Å². The second-order valence-corrected chi connectivity index (χ2v) is 4.04. The zero-order valence-electron chi connectivity index (χ0n) is 7.46. The summed E-state index contributed by atoms with van der Waals surface area (Å²) in [7, 11) is 0.